The number of fused-ring (bicyclic) bond motifs is 3. The molecular formula is C55H46N6. The van der Waals surface area contributed by atoms with Crippen LogP contribution >= 0.6 is 0 Å². The zero-order chi connectivity index (χ0) is 40.7. The van der Waals surface area contributed by atoms with Crippen molar-refractivity contribution < 1.29 is 0 Å². The number of nitrogens with zero attached hydrogens (tertiary/aromatic N) is 6. The lowest BCUT2D eigenvalue weighted by Crippen LogP contribution is -2.48. The molecule has 0 atom stereocenters. The number of hydrogen-bond donors (Lipinski definition) is 0. The molecule has 0 amide bonds. The van der Waals surface area contributed by atoms with Gasteiger partial charge in [0, 0.05) is 38.8 Å². The zero-order valence-corrected chi connectivity index (χ0v) is 34.6. The molecule has 0 aliphatic heterocycles. The minimum Gasteiger partial charge on any atom is -0.208 e. The smallest absolute Gasteiger partial charge is 0.164 e. The molecule has 4 fully saturated rings. The van der Waals surface area contributed by atoms with E-state index in [1.807, 2.05) is 42.5 Å². The summed E-state index contributed by atoms with van der Waals surface area (Å²) < 4.78 is 0. The first kappa shape index (κ1) is 36.2. The molecular weight excluding hydrogens is 745 g/mol. The summed E-state index contributed by atoms with van der Waals surface area (Å²) in [7, 11) is 0. The number of benzene rings is 6. The molecule has 296 valence electrons. The molecule has 6 heteroatoms. The predicted molar refractivity (Wildman–Crippen MR) is 243 cm³/mol. The van der Waals surface area contributed by atoms with Crippen LogP contribution in [-0.2, 0) is 10.8 Å². The molecule has 2 heterocycles. The molecule has 13 rings (SSSR count). The molecule has 4 bridgehead atoms. The SMILES string of the molecule is CC1(C)c2ccccc2-c2ccc(-c3nc(-c4ccccc4)nc(-c4cccc(-c5nc(-c6ccccc6)nc(-c6ccc(C78CC9CC(CC(C9)C7)C8)cc6)n5)c4)n3)cc21. The molecule has 0 unspecified atom stereocenters. The minimum absolute atomic E-state index is 0.146. The molecule has 0 radical (unpaired) electrons. The van der Waals surface area contributed by atoms with E-state index >= 15 is 0 Å². The maximum atomic E-state index is 5.19. The van der Waals surface area contributed by atoms with E-state index in [2.05, 4.69) is 123 Å². The second-order valence-corrected chi connectivity index (χ2v) is 18.6. The van der Waals surface area contributed by atoms with Crippen molar-refractivity contribution in [3.8, 4) is 79.5 Å². The third-order valence-corrected chi connectivity index (χ3v) is 14.3. The van der Waals surface area contributed by atoms with Gasteiger partial charge in [0.05, 0.1) is 0 Å². The maximum absolute atomic E-state index is 5.19. The van der Waals surface area contributed by atoms with Gasteiger partial charge in [-0.25, -0.2) is 29.9 Å². The van der Waals surface area contributed by atoms with Crippen molar-refractivity contribution in [3.63, 3.8) is 0 Å². The third kappa shape index (κ3) is 6.22. The monoisotopic (exact) mass is 790 g/mol. The van der Waals surface area contributed by atoms with Crippen LogP contribution < -0.4 is 0 Å². The van der Waals surface area contributed by atoms with E-state index in [-0.39, 0.29) is 5.41 Å². The van der Waals surface area contributed by atoms with Crippen molar-refractivity contribution in [2.45, 2.75) is 63.2 Å². The second-order valence-electron chi connectivity index (χ2n) is 18.6. The van der Waals surface area contributed by atoms with Crippen LogP contribution in [0.25, 0.3) is 79.5 Å². The molecule has 4 saturated carbocycles. The first-order valence-corrected chi connectivity index (χ1v) is 21.9. The van der Waals surface area contributed by atoms with Crippen LogP contribution in [0.5, 0.6) is 0 Å². The van der Waals surface area contributed by atoms with Gasteiger partial charge in [-0.15, -0.1) is 0 Å². The van der Waals surface area contributed by atoms with E-state index in [1.165, 1.54) is 66.3 Å². The quantitative estimate of drug-likeness (QED) is 0.160. The lowest BCUT2D eigenvalue weighted by molar-refractivity contribution is -0.00518. The Morgan fingerprint density at radius 3 is 1.28 bits per heavy atom. The average Bonchev–Trinajstić information content (AvgIpc) is 3.54. The van der Waals surface area contributed by atoms with Crippen molar-refractivity contribution >= 4 is 0 Å². The molecule has 6 aromatic carbocycles. The predicted octanol–water partition coefficient (Wildman–Crippen LogP) is 12.8. The number of rotatable bonds is 7. The highest BCUT2D eigenvalue weighted by molar-refractivity contribution is 5.83. The number of aromatic nitrogens is 6. The van der Waals surface area contributed by atoms with Gasteiger partial charge in [-0.05, 0) is 102 Å². The van der Waals surface area contributed by atoms with Gasteiger partial charge in [0.2, 0.25) is 0 Å². The van der Waals surface area contributed by atoms with Crippen molar-refractivity contribution in [3.05, 3.63) is 168 Å². The van der Waals surface area contributed by atoms with Crippen LogP contribution in [0.4, 0.5) is 0 Å². The average molecular weight is 791 g/mol. The van der Waals surface area contributed by atoms with Gasteiger partial charge in [-0.1, -0.05) is 153 Å². The van der Waals surface area contributed by atoms with E-state index in [0.717, 1.165) is 51.1 Å². The third-order valence-electron chi connectivity index (χ3n) is 14.3. The van der Waals surface area contributed by atoms with Crippen molar-refractivity contribution in [2.75, 3.05) is 0 Å². The van der Waals surface area contributed by atoms with E-state index in [9.17, 15) is 0 Å². The maximum Gasteiger partial charge on any atom is 0.164 e. The van der Waals surface area contributed by atoms with Crippen LogP contribution in [0.3, 0.4) is 0 Å². The highest BCUT2D eigenvalue weighted by Crippen LogP contribution is 2.61. The standard InChI is InChI=1S/C55H46N6/c1-54(2)46-19-10-9-18-44(46)45-25-22-42(30-47(45)54)53-59-49(38-14-7-4-8-15-38)58-52(61-53)41-17-11-16-40(29-41)51-57-48(37-12-5-3-6-13-37)56-50(60-51)39-20-23-43(24-21-39)55-31-34-26-35(32-55)28-36(27-34)33-55/h3-25,29-30,34-36H,26-28,31-33H2,1-2H3. The largest absolute Gasteiger partial charge is 0.208 e. The van der Waals surface area contributed by atoms with Gasteiger partial charge in [0.25, 0.3) is 0 Å². The van der Waals surface area contributed by atoms with Gasteiger partial charge in [0.1, 0.15) is 0 Å². The second kappa shape index (κ2) is 14.0. The number of hydrogen-bond acceptors (Lipinski definition) is 6. The fourth-order valence-electron chi connectivity index (χ4n) is 11.8. The van der Waals surface area contributed by atoms with Crippen molar-refractivity contribution in [2.24, 2.45) is 17.8 Å². The van der Waals surface area contributed by atoms with Gasteiger partial charge in [0.15, 0.2) is 34.9 Å². The molecule has 61 heavy (non-hydrogen) atoms. The highest BCUT2D eigenvalue weighted by Gasteiger charge is 2.51. The Morgan fingerprint density at radius 1 is 0.361 bits per heavy atom. The summed E-state index contributed by atoms with van der Waals surface area (Å²) in [6.07, 6.45) is 8.37. The molecule has 0 saturated heterocycles. The van der Waals surface area contributed by atoms with Crippen LogP contribution in [-0.4, -0.2) is 29.9 Å². The van der Waals surface area contributed by atoms with E-state index in [0.29, 0.717) is 40.4 Å². The molecule has 6 nitrogen and oxygen atoms in total. The van der Waals surface area contributed by atoms with Gasteiger partial charge < -0.3 is 0 Å². The van der Waals surface area contributed by atoms with E-state index in [1.54, 1.807) is 0 Å². The Labute approximate surface area is 357 Å². The summed E-state index contributed by atoms with van der Waals surface area (Å²) in [6.45, 7) is 4.60. The van der Waals surface area contributed by atoms with E-state index in [4.69, 9.17) is 29.9 Å². The molecule has 8 aromatic rings. The van der Waals surface area contributed by atoms with Crippen molar-refractivity contribution in [1.29, 1.82) is 0 Å². The fourth-order valence-corrected chi connectivity index (χ4v) is 11.8. The summed E-state index contributed by atoms with van der Waals surface area (Å²) >= 11 is 0. The lowest BCUT2D eigenvalue weighted by Gasteiger charge is -2.57. The van der Waals surface area contributed by atoms with Crippen LogP contribution in [0.15, 0.2) is 152 Å². The van der Waals surface area contributed by atoms with Gasteiger partial charge in [-0.3, -0.25) is 0 Å². The Kier molecular flexibility index (Phi) is 8.28. The highest BCUT2D eigenvalue weighted by atomic mass is 15.0. The molecule has 5 aliphatic rings. The summed E-state index contributed by atoms with van der Waals surface area (Å²) in [5.74, 6) is 6.48. The summed E-state index contributed by atoms with van der Waals surface area (Å²) in [5.41, 5.74) is 12.4. The Hall–Kier alpha value is -6.66. The molecule has 2 aromatic heterocycles. The van der Waals surface area contributed by atoms with Crippen LogP contribution in [0.2, 0.25) is 0 Å². The first-order chi connectivity index (χ1) is 29.8. The summed E-state index contributed by atoms with van der Waals surface area (Å²) in [5, 5.41) is 0. The minimum atomic E-state index is -0.146. The Balaban J connectivity index is 0.942. The van der Waals surface area contributed by atoms with Crippen LogP contribution in [0.1, 0.15) is 69.1 Å². The van der Waals surface area contributed by atoms with Gasteiger partial charge >= 0.3 is 0 Å². The first-order valence-electron chi connectivity index (χ1n) is 21.9. The zero-order valence-electron chi connectivity index (χ0n) is 34.6. The molecule has 5 aliphatic carbocycles. The normalized spacial score (nSPS) is 21.6. The Bertz CT molecular complexity index is 2940. The Morgan fingerprint density at radius 2 is 0.754 bits per heavy atom. The fraction of sp³-hybridized carbons (Fsp3) is 0.236. The lowest BCUT2D eigenvalue weighted by atomic mass is 9.48. The molecule has 0 N–H and O–H groups in total. The van der Waals surface area contributed by atoms with Gasteiger partial charge in [-0.2, -0.15) is 0 Å². The van der Waals surface area contributed by atoms with Crippen LogP contribution in [0, 0.1) is 17.8 Å². The summed E-state index contributed by atoms with van der Waals surface area (Å²) in [4.78, 5) is 30.7. The van der Waals surface area contributed by atoms with E-state index < -0.39 is 0 Å². The topological polar surface area (TPSA) is 77.3 Å². The molecule has 0 spiro atoms. The summed E-state index contributed by atoms with van der Waals surface area (Å²) in [6, 6.07) is 53.2. The van der Waals surface area contributed by atoms with Crippen molar-refractivity contribution in [1.82, 2.24) is 29.9 Å².